The fourth-order valence-corrected chi connectivity index (χ4v) is 1.26. The minimum absolute atomic E-state index is 0. The monoisotopic (exact) mass is 324 g/mol. The zero-order valence-electron chi connectivity index (χ0n) is 8.02. The second-order valence-corrected chi connectivity index (χ2v) is 4.27. The summed E-state index contributed by atoms with van der Waals surface area (Å²) in [6.45, 7) is 14.7. The van der Waals surface area contributed by atoms with Crippen molar-refractivity contribution >= 4 is 0 Å². The summed E-state index contributed by atoms with van der Waals surface area (Å²) in [4.78, 5) is 0. The van der Waals surface area contributed by atoms with Crippen LogP contribution in [0.15, 0.2) is 0 Å². The van der Waals surface area contributed by atoms with Crippen LogP contribution in [0.25, 0.3) is 0 Å². The maximum atomic E-state index is 4.07. The molecule has 0 N–H and O–H groups in total. The molecule has 0 aromatic rings. The first kappa shape index (κ1) is 14.2. The molecule has 0 radical (unpaired) electrons. The average molecular weight is 324 g/mol. The summed E-state index contributed by atoms with van der Waals surface area (Å²) in [5.41, 5.74) is 0.432. The second kappa shape index (κ2) is 6.23. The average Bonchev–Trinajstić information content (AvgIpc) is 1.59. The summed E-state index contributed by atoms with van der Waals surface area (Å²) in [6.07, 6.45) is 3.39. The van der Waals surface area contributed by atoms with E-state index in [0.29, 0.717) is 11.3 Å². The molecular formula is C10H20W. The minimum atomic E-state index is 0. The quantitative estimate of drug-likeness (QED) is 0.697. The fraction of sp³-hybridized carbons (Fsp3) is 0.800. The first-order valence-electron chi connectivity index (χ1n) is 4.08. The molecule has 0 aliphatic heterocycles. The molecule has 0 saturated heterocycles. The Balaban J connectivity index is 0. The van der Waals surface area contributed by atoms with E-state index in [2.05, 4.69) is 34.6 Å². The first-order chi connectivity index (χ1) is 4.45. The third-order valence-corrected chi connectivity index (χ3v) is 1.51. The predicted octanol–water partition coefficient (Wildman–Crippen LogP) is 3.48. The molecule has 0 aromatic heterocycles. The molecule has 1 unspecified atom stereocenters. The van der Waals surface area contributed by atoms with Crippen molar-refractivity contribution in [1.29, 1.82) is 0 Å². The molecule has 0 amide bonds. The van der Waals surface area contributed by atoms with Crippen molar-refractivity contribution in [3.8, 4) is 0 Å². The molecular weight excluding hydrogens is 304 g/mol. The molecule has 0 spiro atoms. The van der Waals surface area contributed by atoms with E-state index in [1.54, 1.807) is 0 Å². The second-order valence-electron chi connectivity index (χ2n) is 4.27. The van der Waals surface area contributed by atoms with Crippen LogP contribution in [0.5, 0.6) is 0 Å². The Morgan fingerprint density at radius 3 is 2.00 bits per heavy atom. The van der Waals surface area contributed by atoms with Crippen molar-refractivity contribution in [2.75, 3.05) is 0 Å². The van der Waals surface area contributed by atoms with Crippen molar-refractivity contribution in [3.63, 3.8) is 0 Å². The van der Waals surface area contributed by atoms with Gasteiger partial charge in [-0.1, -0.05) is 27.2 Å². The molecule has 0 aliphatic rings. The zero-order valence-corrected chi connectivity index (χ0v) is 11.0. The molecule has 0 saturated carbocycles. The van der Waals surface area contributed by atoms with E-state index in [-0.39, 0.29) is 21.1 Å². The standard InChI is InChI=1S/C10H20.W/c1-6-7-9(2)8-10(3,4)5;/h9H,1-2,6-8H2,3-5H3;/q-2;+2. The molecule has 0 heterocycles. The van der Waals surface area contributed by atoms with Gasteiger partial charge in [0, 0.05) is 0 Å². The van der Waals surface area contributed by atoms with Gasteiger partial charge in [0.05, 0.1) is 0 Å². The molecule has 11 heavy (non-hydrogen) atoms. The Kier molecular flexibility index (Phi) is 8.06. The van der Waals surface area contributed by atoms with Crippen LogP contribution >= 0.6 is 0 Å². The Labute approximate surface area is 86.4 Å². The van der Waals surface area contributed by atoms with Gasteiger partial charge in [-0.3, -0.25) is 0 Å². The summed E-state index contributed by atoms with van der Waals surface area (Å²) < 4.78 is 0. The van der Waals surface area contributed by atoms with Gasteiger partial charge in [-0.05, 0) is 5.41 Å². The molecule has 1 heteroatoms. The SMILES string of the molecule is [CH2-]CCC([CH2-])CC(C)(C)C.[W+2]. The largest absolute Gasteiger partial charge is 2.00 e. The minimum Gasteiger partial charge on any atom is -0.343 e. The first-order valence-corrected chi connectivity index (χ1v) is 4.08. The van der Waals surface area contributed by atoms with Crippen LogP contribution in [0.4, 0.5) is 0 Å². The van der Waals surface area contributed by atoms with E-state index in [9.17, 15) is 0 Å². The summed E-state index contributed by atoms with van der Waals surface area (Å²) in [5, 5.41) is 0. The molecule has 0 bridgehead atoms. The van der Waals surface area contributed by atoms with Crippen molar-refractivity contribution in [2.45, 2.75) is 40.0 Å². The molecule has 0 rings (SSSR count). The zero-order chi connectivity index (χ0) is 8.20. The predicted molar refractivity (Wildman–Crippen MR) is 47.5 cm³/mol. The summed E-state index contributed by atoms with van der Waals surface area (Å²) >= 11 is 0. The van der Waals surface area contributed by atoms with Gasteiger partial charge in [-0.15, -0.1) is 6.42 Å². The smallest absolute Gasteiger partial charge is 0.343 e. The topological polar surface area (TPSA) is 0 Å². The Morgan fingerprint density at radius 1 is 1.27 bits per heavy atom. The maximum Gasteiger partial charge on any atom is 2.00 e. The summed E-state index contributed by atoms with van der Waals surface area (Å²) in [5.74, 6) is 0.595. The number of rotatable bonds is 3. The number of hydrogen-bond donors (Lipinski definition) is 0. The third kappa shape index (κ3) is 10.7. The van der Waals surface area contributed by atoms with Gasteiger partial charge in [0.15, 0.2) is 0 Å². The van der Waals surface area contributed by atoms with Crippen LogP contribution in [0, 0.1) is 25.2 Å². The van der Waals surface area contributed by atoms with Crippen LogP contribution in [-0.4, -0.2) is 0 Å². The van der Waals surface area contributed by atoms with E-state index in [0.717, 1.165) is 12.8 Å². The van der Waals surface area contributed by atoms with Gasteiger partial charge < -0.3 is 13.8 Å². The third-order valence-electron chi connectivity index (χ3n) is 1.51. The van der Waals surface area contributed by atoms with Crippen LogP contribution < -0.4 is 0 Å². The molecule has 0 aromatic carbocycles. The van der Waals surface area contributed by atoms with Crippen molar-refractivity contribution < 1.29 is 21.1 Å². The molecule has 0 aliphatic carbocycles. The van der Waals surface area contributed by atoms with Crippen LogP contribution in [-0.2, 0) is 21.1 Å². The summed E-state index contributed by atoms with van der Waals surface area (Å²) in [6, 6.07) is 0. The Hall–Kier alpha value is 0.688. The normalized spacial score (nSPS) is 13.9. The molecule has 1 atom stereocenters. The van der Waals surface area contributed by atoms with Crippen molar-refractivity contribution in [2.24, 2.45) is 11.3 Å². The van der Waals surface area contributed by atoms with E-state index in [1.165, 1.54) is 6.42 Å². The molecule has 0 nitrogen and oxygen atoms in total. The van der Waals surface area contributed by atoms with Crippen LogP contribution in [0.3, 0.4) is 0 Å². The van der Waals surface area contributed by atoms with E-state index < -0.39 is 0 Å². The Bertz CT molecular complexity index is 81.4. The Morgan fingerprint density at radius 2 is 1.73 bits per heavy atom. The molecule has 0 fully saturated rings. The van der Waals surface area contributed by atoms with E-state index >= 15 is 0 Å². The van der Waals surface area contributed by atoms with Gasteiger partial charge in [-0.25, -0.2) is 0 Å². The summed E-state index contributed by atoms with van der Waals surface area (Å²) in [7, 11) is 0. The number of hydrogen-bond acceptors (Lipinski definition) is 0. The molecule has 66 valence electrons. The van der Waals surface area contributed by atoms with Gasteiger partial charge in [0.2, 0.25) is 0 Å². The van der Waals surface area contributed by atoms with Gasteiger partial charge in [0.25, 0.3) is 0 Å². The van der Waals surface area contributed by atoms with Gasteiger partial charge in [-0.2, -0.15) is 12.3 Å². The van der Waals surface area contributed by atoms with E-state index in [1.807, 2.05) is 0 Å². The fourth-order valence-electron chi connectivity index (χ4n) is 1.26. The van der Waals surface area contributed by atoms with Crippen LogP contribution in [0.1, 0.15) is 40.0 Å². The maximum absolute atomic E-state index is 4.07. The van der Waals surface area contributed by atoms with Crippen LogP contribution in [0.2, 0.25) is 0 Å². The van der Waals surface area contributed by atoms with Crippen molar-refractivity contribution in [3.05, 3.63) is 13.8 Å². The van der Waals surface area contributed by atoms with E-state index in [4.69, 9.17) is 0 Å². The van der Waals surface area contributed by atoms with Crippen molar-refractivity contribution in [1.82, 2.24) is 0 Å². The van der Waals surface area contributed by atoms with Gasteiger partial charge >= 0.3 is 21.1 Å². The van der Waals surface area contributed by atoms with Gasteiger partial charge in [0.1, 0.15) is 0 Å².